The Balaban J connectivity index is 1.30. The number of rotatable bonds is 7. The van der Waals surface area contributed by atoms with Gasteiger partial charge in [0, 0.05) is 42.5 Å². The van der Waals surface area contributed by atoms with Crippen LogP contribution < -0.4 is 10.2 Å². The number of hydrogen-bond donors (Lipinski definition) is 1. The molecule has 1 fully saturated rings. The fourth-order valence-corrected chi connectivity index (χ4v) is 4.39. The first-order valence-electron chi connectivity index (χ1n) is 11.6. The van der Waals surface area contributed by atoms with Crippen molar-refractivity contribution in [3.05, 3.63) is 89.7 Å². The van der Waals surface area contributed by atoms with Crippen LogP contribution in [0.2, 0.25) is 0 Å². The maximum atomic E-state index is 11.8. The fraction of sp³-hybridized carbons (Fsp3) is 0.259. The second-order valence-electron chi connectivity index (χ2n) is 8.41. The number of carbonyl (C=O) groups is 1. The highest BCUT2D eigenvalue weighted by molar-refractivity contribution is 5.93. The Hall–Kier alpha value is -4.00. The highest BCUT2D eigenvalue weighted by Gasteiger charge is 2.26. The lowest BCUT2D eigenvalue weighted by Gasteiger charge is -2.20. The van der Waals surface area contributed by atoms with Gasteiger partial charge in [0.25, 0.3) is 0 Å². The molecular weight excluding hydrogens is 426 g/mol. The minimum atomic E-state index is -0.352. The lowest BCUT2D eigenvalue weighted by Crippen LogP contribution is -2.27. The third kappa shape index (κ3) is 4.69. The number of fused-ring (bicyclic) bond motifs is 1. The van der Waals surface area contributed by atoms with Crippen molar-refractivity contribution in [3.8, 4) is 0 Å². The molecule has 1 aliphatic rings. The number of aromatic nitrogens is 3. The number of nitrogens with zero attached hydrogens (tertiary/aromatic N) is 4. The summed E-state index contributed by atoms with van der Waals surface area (Å²) in [6.45, 7) is 3.83. The molecule has 7 nitrogen and oxygen atoms in total. The van der Waals surface area contributed by atoms with Gasteiger partial charge in [0.2, 0.25) is 0 Å². The van der Waals surface area contributed by atoms with Crippen molar-refractivity contribution >= 4 is 28.4 Å². The number of carbonyl (C=O) groups excluding carboxylic acids is 1. The van der Waals surface area contributed by atoms with E-state index in [4.69, 9.17) is 4.74 Å². The summed E-state index contributed by atoms with van der Waals surface area (Å²) in [6.07, 6.45) is 3.27. The number of ether oxygens (including phenoxy) is 1. The summed E-state index contributed by atoms with van der Waals surface area (Å²) < 4.78 is 5.02. The van der Waals surface area contributed by atoms with Crippen LogP contribution in [0.25, 0.3) is 10.8 Å². The molecule has 0 radical (unpaired) electrons. The molecule has 0 bridgehead atoms. The van der Waals surface area contributed by atoms with Crippen molar-refractivity contribution in [2.75, 3.05) is 29.9 Å². The largest absolute Gasteiger partial charge is 0.462 e. The molecule has 0 amide bonds. The van der Waals surface area contributed by atoms with Gasteiger partial charge in [-0.05, 0) is 31.0 Å². The third-order valence-electron chi connectivity index (χ3n) is 6.07. The number of esters is 1. The lowest BCUT2D eigenvalue weighted by molar-refractivity contribution is 0.0526. The molecule has 3 heterocycles. The monoisotopic (exact) mass is 453 g/mol. The molecule has 2 aromatic heterocycles. The van der Waals surface area contributed by atoms with Gasteiger partial charge in [0.05, 0.1) is 17.9 Å². The minimum absolute atomic E-state index is 0.227. The zero-order valence-corrected chi connectivity index (χ0v) is 19.1. The van der Waals surface area contributed by atoms with Crippen LogP contribution in [0.3, 0.4) is 0 Å². The van der Waals surface area contributed by atoms with E-state index in [1.54, 1.807) is 19.2 Å². The molecule has 1 atom stereocenters. The van der Waals surface area contributed by atoms with Crippen LogP contribution in [0.15, 0.2) is 72.9 Å². The van der Waals surface area contributed by atoms with Crippen molar-refractivity contribution < 1.29 is 9.53 Å². The highest BCUT2D eigenvalue weighted by atomic mass is 16.5. The Morgan fingerprint density at radius 3 is 2.59 bits per heavy atom. The van der Waals surface area contributed by atoms with E-state index in [2.05, 4.69) is 73.9 Å². The van der Waals surface area contributed by atoms with E-state index in [1.165, 1.54) is 5.56 Å². The number of nitrogens with one attached hydrogen (secondary N) is 1. The van der Waals surface area contributed by atoms with E-state index < -0.39 is 0 Å². The van der Waals surface area contributed by atoms with Gasteiger partial charge in [0.1, 0.15) is 5.82 Å². The van der Waals surface area contributed by atoms with Crippen LogP contribution in [0.4, 0.5) is 11.6 Å². The first-order valence-corrected chi connectivity index (χ1v) is 11.6. The summed E-state index contributed by atoms with van der Waals surface area (Å²) >= 11 is 0. The van der Waals surface area contributed by atoms with E-state index in [9.17, 15) is 4.79 Å². The van der Waals surface area contributed by atoms with Crippen LogP contribution in [0.1, 0.15) is 35.0 Å². The molecule has 7 heteroatoms. The molecule has 2 aromatic carbocycles. The zero-order valence-electron chi connectivity index (χ0n) is 19.1. The van der Waals surface area contributed by atoms with Crippen molar-refractivity contribution in [2.45, 2.75) is 25.8 Å². The van der Waals surface area contributed by atoms with Crippen molar-refractivity contribution in [1.29, 1.82) is 0 Å². The standard InChI is InChI=1S/C27H27N5O2/c1-2-34-27(33)20-12-13-25(28-17-20)29-21-14-15-32(18-21)26-23-11-7-6-10-22(23)24(30-31-26)16-19-8-4-3-5-9-19/h3-13,17,21H,2,14-16,18H2,1H3,(H,28,29). The fourth-order valence-electron chi connectivity index (χ4n) is 4.39. The summed E-state index contributed by atoms with van der Waals surface area (Å²) in [5.74, 6) is 1.31. The third-order valence-corrected chi connectivity index (χ3v) is 6.07. The van der Waals surface area contributed by atoms with Crippen molar-refractivity contribution in [1.82, 2.24) is 15.2 Å². The van der Waals surface area contributed by atoms with E-state index in [1.807, 2.05) is 12.1 Å². The molecule has 1 saturated heterocycles. The molecule has 1 N–H and O–H groups in total. The van der Waals surface area contributed by atoms with Gasteiger partial charge in [-0.3, -0.25) is 0 Å². The van der Waals surface area contributed by atoms with Gasteiger partial charge in [-0.1, -0.05) is 54.6 Å². The van der Waals surface area contributed by atoms with Gasteiger partial charge in [-0.15, -0.1) is 5.10 Å². The highest BCUT2D eigenvalue weighted by Crippen LogP contribution is 2.29. The van der Waals surface area contributed by atoms with Crippen LogP contribution in [0, 0.1) is 0 Å². The van der Waals surface area contributed by atoms with Crippen LogP contribution in [0.5, 0.6) is 0 Å². The number of pyridine rings is 1. The summed E-state index contributed by atoms with van der Waals surface area (Å²) in [6, 6.07) is 22.5. The summed E-state index contributed by atoms with van der Waals surface area (Å²) in [7, 11) is 0. The van der Waals surface area contributed by atoms with Gasteiger partial charge in [-0.25, -0.2) is 9.78 Å². The van der Waals surface area contributed by atoms with E-state index in [-0.39, 0.29) is 12.0 Å². The van der Waals surface area contributed by atoms with Gasteiger partial charge >= 0.3 is 5.97 Å². The van der Waals surface area contributed by atoms with Crippen LogP contribution in [-0.2, 0) is 11.2 Å². The molecule has 0 spiro atoms. The van der Waals surface area contributed by atoms with Crippen molar-refractivity contribution in [3.63, 3.8) is 0 Å². The predicted molar refractivity (Wildman–Crippen MR) is 133 cm³/mol. The van der Waals surface area contributed by atoms with Crippen LogP contribution >= 0.6 is 0 Å². The average Bonchev–Trinajstić information content (AvgIpc) is 3.33. The Kier molecular flexibility index (Phi) is 6.33. The maximum absolute atomic E-state index is 11.8. The second-order valence-corrected chi connectivity index (χ2v) is 8.41. The Morgan fingerprint density at radius 1 is 1.03 bits per heavy atom. The average molecular weight is 454 g/mol. The molecule has 34 heavy (non-hydrogen) atoms. The number of hydrogen-bond acceptors (Lipinski definition) is 7. The Labute approximate surface area is 198 Å². The maximum Gasteiger partial charge on any atom is 0.339 e. The van der Waals surface area contributed by atoms with Gasteiger partial charge < -0.3 is 15.0 Å². The van der Waals surface area contributed by atoms with Crippen LogP contribution in [-0.4, -0.2) is 46.9 Å². The molecule has 0 saturated carbocycles. The SMILES string of the molecule is CCOC(=O)c1ccc(NC2CCN(c3nnc(Cc4ccccc4)c4ccccc34)C2)nc1. The zero-order chi connectivity index (χ0) is 23.3. The molecular formula is C27H27N5O2. The summed E-state index contributed by atoms with van der Waals surface area (Å²) in [5.41, 5.74) is 2.67. The first kappa shape index (κ1) is 21.8. The molecule has 0 aliphatic carbocycles. The number of anilines is 2. The molecule has 4 aromatic rings. The van der Waals surface area contributed by atoms with E-state index in [0.29, 0.717) is 12.2 Å². The Bertz CT molecular complexity index is 1280. The number of benzene rings is 2. The molecule has 1 unspecified atom stereocenters. The van der Waals surface area contributed by atoms with Crippen molar-refractivity contribution in [2.24, 2.45) is 0 Å². The summed E-state index contributed by atoms with van der Waals surface area (Å²) in [4.78, 5) is 18.5. The Morgan fingerprint density at radius 2 is 1.82 bits per heavy atom. The topological polar surface area (TPSA) is 80.2 Å². The predicted octanol–water partition coefficient (Wildman–Crippen LogP) is 4.48. The lowest BCUT2D eigenvalue weighted by atomic mass is 10.0. The first-order chi connectivity index (χ1) is 16.7. The van der Waals surface area contributed by atoms with E-state index in [0.717, 1.165) is 54.0 Å². The quantitative estimate of drug-likeness (QED) is 0.413. The molecule has 5 rings (SSSR count). The molecule has 1 aliphatic heterocycles. The van der Waals surface area contributed by atoms with Gasteiger partial charge in [0.15, 0.2) is 5.82 Å². The smallest absolute Gasteiger partial charge is 0.339 e. The van der Waals surface area contributed by atoms with E-state index >= 15 is 0 Å². The molecule has 172 valence electrons. The summed E-state index contributed by atoms with van der Waals surface area (Å²) in [5, 5.41) is 15.0. The normalized spacial score (nSPS) is 15.4. The second kappa shape index (κ2) is 9.87. The minimum Gasteiger partial charge on any atom is -0.462 e. The van der Waals surface area contributed by atoms with Gasteiger partial charge in [-0.2, -0.15) is 5.10 Å².